The molecule has 2 aromatic carbocycles. The largest absolute Gasteiger partial charge is 0.454 e. The van der Waals surface area contributed by atoms with Gasteiger partial charge in [0.05, 0.1) is 15.6 Å². The highest BCUT2D eigenvalue weighted by Gasteiger charge is 2.17. The molecule has 0 unspecified atom stereocenters. The van der Waals surface area contributed by atoms with Gasteiger partial charge in [-0.2, -0.15) is 0 Å². The van der Waals surface area contributed by atoms with Gasteiger partial charge in [0.2, 0.25) is 0 Å². The molecule has 0 aliphatic rings. The lowest BCUT2D eigenvalue weighted by molar-refractivity contribution is 0.483. The molecule has 0 aliphatic heterocycles. The number of nitrogens with zero attached hydrogens (tertiary/aromatic N) is 1. The predicted molar refractivity (Wildman–Crippen MR) is 97.4 cm³/mol. The van der Waals surface area contributed by atoms with Crippen molar-refractivity contribution in [2.75, 3.05) is 6.26 Å². The van der Waals surface area contributed by atoms with Gasteiger partial charge in [0.15, 0.2) is 0 Å². The summed E-state index contributed by atoms with van der Waals surface area (Å²) in [7, 11) is 0. The molecule has 0 atom stereocenters. The van der Waals surface area contributed by atoms with E-state index in [9.17, 15) is 0 Å². The van der Waals surface area contributed by atoms with Crippen LogP contribution in [0.4, 0.5) is 0 Å². The summed E-state index contributed by atoms with van der Waals surface area (Å²) in [6, 6.07) is 8.93. The molecular formula is C16H11Cl3N2OS. The number of hydrogen-bond acceptors (Lipinski definition) is 3. The summed E-state index contributed by atoms with van der Waals surface area (Å²) in [5.74, 6) is 1.62. The van der Waals surface area contributed by atoms with E-state index in [0.29, 0.717) is 32.4 Å². The van der Waals surface area contributed by atoms with Crippen LogP contribution in [0.5, 0.6) is 11.5 Å². The van der Waals surface area contributed by atoms with Crippen LogP contribution >= 0.6 is 46.6 Å². The molecule has 0 spiro atoms. The molecule has 7 heteroatoms. The van der Waals surface area contributed by atoms with E-state index in [-0.39, 0.29) is 0 Å². The SMILES string of the molecule is CSc1ccc(Oc2cccc(Cl)c2Cl)c(Cl)c1-c1ncc[nH]1. The number of benzene rings is 2. The van der Waals surface area contributed by atoms with Crippen LogP contribution in [0.2, 0.25) is 15.1 Å². The van der Waals surface area contributed by atoms with Crippen LogP contribution in [0.25, 0.3) is 11.4 Å². The van der Waals surface area contributed by atoms with Crippen LogP contribution in [0.1, 0.15) is 0 Å². The number of aromatic nitrogens is 2. The average Bonchev–Trinajstić information content (AvgIpc) is 3.07. The van der Waals surface area contributed by atoms with E-state index in [1.807, 2.05) is 12.3 Å². The summed E-state index contributed by atoms with van der Waals surface area (Å²) in [5.41, 5.74) is 0.791. The number of nitrogens with one attached hydrogen (secondary N) is 1. The van der Waals surface area contributed by atoms with Crippen molar-refractivity contribution < 1.29 is 4.74 Å². The zero-order chi connectivity index (χ0) is 16.4. The van der Waals surface area contributed by atoms with E-state index in [2.05, 4.69) is 9.97 Å². The molecule has 0 radical (unpaired) electrons. The molecule has 0 aliphatic carbocycles. The highest BCUT2D eigenvalue weighted by Crippen LogP contribution is 2.43. The Hall–Kier alpha value is -1.33. The lowest BCUT2D eigenvalue weighted by Gasteiger charge is -2.14. The Kier molecular flexibility index (Phi) is 5.07. The van der Waals surface area contributed by atoms with Crippen LogP contribution < -0.4 is 4.74 Å². The minimum absolute atomic E-state index is 0.346. The Labute approximate surface area is 152 Å². The second-order valence-corrected chi connectivity index (χ2v) is 6.56. The summed E-state index contributed by atoms with van der Waals surface area (Å²) >= 11 is 20.3. The molecule has 0 saturated carbocycles. The normalized spacial score (nSPS) is 10.8. The van der Waals surface area contributed by atoms with Crippen molar-refractivity contribution in [3.8, 4) is 22.9 Å². The second-order valence-electron chi connectivity index (χ2n) is 4.55. The fourth-order valence-corrected chi connectivity index (χ4v) is 3.38. The molecule has 23 heavy (non-hydrogen) atoms. The van der Waals surface area contributed by atoms with Gasteiger partial charge in [-0.05, 0) is 30.5 Å². The summed E-state index contributed by atoms with van der Waals surface area (Å²) < 4.78 is 5.86. The van der Waals surface area contributed by atoms with Crippen molar-refractivity contribution in [2.24, 2.45) is 0 Å². The van der Waals surface area contributed by atoms with Crippen molar-refractivity contribution in [2.45, 2.75) is 4.90 Å². The quantitative estimate of drug-likeness (QED) is 0.517. The number of hydrogen-bond donors (Lipinski definition) is 1. The molecule has 0 saturated heterocycles. The molecular weight excluding hydrogens is 375 g/mol. The zero-order valence-corrected chi connectivity index (χ0v) is 15.0. The Bertz CT molecular complexity index is 838. The minimum Gasteiger partial charge on any atom is -0.454 e. The van der Waals surface area contributed by atoms with Crippen molar-refractivity contribution in [3.05, 3.63) is 57.8 Å². The fraction of sp³-hybridized carbons (Fsp3) is 0.0625. The van der Waals surface area contributed by atoms with Crippen molar-refractivity contribution >= 4 is 46.6 Å². The van der Waals surface area contributed by atoms with E-state index >= 15 is 0 Å². The van der Waals surface area contributed by atoms with E-state index in [1.165, 1.54) is 0 Å². The molecule has 1 N–H and O–H groups in total. The average molecular weight is 386 g/mol. The van der Waals surface area contributed by atoms with E-state index in [0.717, 1.165) is 10.5 Å². The zero-order valence-electron chi connectivity index (χ0n) is 11.9. The molecule has 118 valence electrons. The van der Waals surface area contributed by atoms with Gasteiger partial charge in [0, 0.05) is 17.3 Å². The van der Waals surface area contributed by atoms with Crippen LogP contribution in [-0.2, 0) is 0 Å². The van der Waals surface area contributed by atoms with E-state index in [1.54, 1.807) is 48.4 Å². The number of aromatic amines is 1. The van der Waals surface area contributed by atoms with Crippen molar-refractivity contribution in [3.63, 3.8) is 0 Å². The number of thioether (sulfide) groups is 1. The molecule has 3 rings (SSSR count). The van der Waals surface area contributed by atoms with Crippen LogP contribution in [0.15, 0.2) is 47.6 Å². The number of ether oxygens (including phenoxy) is 1. The van der Waals surface area contributed by atoms with Gasteiger partial charge in [0.1, 0.15) is 22.3 Å². The predicted octanol–water partition coefficient (Wildman–Crippen LogP) is 6.55. The van der Waals surface area contributed by atoms with Gasteiger partial charge in [-0.1, -0.05) is 40.9 Å². The highest BCUT2D eigenvalue weighted by molar-refractivity contribution is 7.98. The summed E-state index contributed by atoms with van der Waals surface area (Å²) in [6.45, 7) is 0. The number of rotatable bonds is 4. The van der Waals surface area contributed by atoms with Gasteiger partial charge in [-0.15, -0.1) is 11.8 Å². The maximum absolute atomic E-state index is 6.55. The minimum atomic E-state index is 0.346. The molecule has 0 fully saturated rings. The van der Waals surface area contributed by atoms with Crippen molar-refractivity contribution in [1.29, 1.82) is 0 Å². The maximum Gasteiger partial charge on any atom is 0.147 e. The first kappa shape index (κ1) is 16.5. The molecule has 0 amide bonds. The number of H-pyrrole nitrogens is 1. The Morgan fingerprint density at radius 3 is 2.52 bits per heavy atom. The summed E-state index contributed by atoms with van der Waals surface area (Å²) in [4.78, 5) is 8.34. The smallest absolute Gasteiger partial charge is 0.147 e. The van der Waals surface area contributed by atoms with Gasteiger partial charge < -0.3 is 9.72 Å². The molecule has 1 heterocycles. The lowest BCUT2D eigenvalue weighted by Crippen LogP contribution is -1.92. The van der Waals surface area contributed by atoms with Crippen molar-refractivity contribution in [1.82, 2.24) is 9.97 Å². The maximum atomic E-state index is 6.55. The third-order valence-electron chi connectivity index (χ3n) is 3.16. The first-order valence-electron chi connectivity index (χ1n) is 6.60. The Balaban J connectivity index is 2.07. The first-order chi connectivity index (χ1) is 11.1. The second kappa shape index (κ2) is 7.05. The molecule has 3 nitrogen and oxygen atoms in total. The topological polar surface area (TPSA) is 37.9 Å². The molecule has 3 aromatic rings. The van der Waals surface area contributed by atoms with Crippen LogP contribution in [0.3, 0.4) is 0 Å². The fourth-order valence-electron chi connectivity index (χ4n) is 2.09. The Morgan fingerprint density at radius 2 is 1.83 bits per heavy atom. The Morgan fingerprint density at radius 1 is 1.04 bits per heavy atom. The summed E-state index contributed by atoms with van der Waals surface area (Å²) in [6.07, 6.45) is 5.40. The monoisotopic (exact) mass is 384 g/mol. The number of halogens is 3. The summed E-state index contributed by atoms with van der Waals surface area (Å²) in [5, 5.41) is 1.23. The van der Waals surface area contributed by atoms with Crippen LogP contribution in [-0.4, -0.2) is 16.2 Å². The highest BCUT2D eigenvalue weighted by atomic mass is 35.5. The van der Waals surface area contributed by atoms with E-state index < -0.39 is 0 Å². The van der Waals surface area contributed by atoms with Crippen LogP contribution in [0, 0.1) is 0 Å². The number of imidazole rings is 1. The van der Waals surface area contributed by atoms with Gasteiger partial charge in [-0.25, -0.2) is 4.98 Å². The first-order valence-corrected chi connectivity index (χ1v) is 8.95. The van der Waals surface area contributed by atoms with Gasteiger partial charge in [0.25, 0.3) is 0 Å². The molecule has 0 bridgehead atoms. The molecule has 1 aromatic heterocycles. The van der Waals surface area contributed by atoms with Gasteiger partial charge >= 0.3 is 0 Å². The lowest BCUT2D eigenvalue weighted by atomic mass is 10.2. The van der Waals surface area contributed by atoms with Gasteiger partial charge in [-0.3, -0.25) is 0 Å². The third-order valence-corrected chi connectivity index (χ3v) is 5.12. The van der Waals surface area contributed by atoms with E-state index in [4.69, 9.17) is 39.5 Å². The standard InChI is InChI=1S/C16H11Cl3N2OS/c1-23-12-6-5-11(15(19)13(12)16-20-7-8-21-16)22-10-4-2-3-9(17)14(10)18/h2-8H,1H3,(H,20,21). The third kappa shape index (κ3) is 3.31.